The van der Waals surface area contributed by atoms with E-state index in [0.717, 1.165) is 14.2 Å². The second kappa shape index (κ2) is 13.0. The Labute approximate surface area is 147 Å². The van der Waals surface area contributed by atoms with E-state index in [2.05, 4.69) is 45.9 Å². The fraction of sp³-hybridized carbons (Fsp3) is 0.727. The average molecular weight is 335 g/mol. The van der Waals surface area contributed by atoms with E-state index in [4.69, 9.17) is 0 Å². The second-order valence-electron chi connectivity index (χ2n) is 6.90. The monoisotopic (exact) mass is 334 g/mol. The summed E-state index contributed by atoms with van der Waals surface area (Å²) in [6, 6.07) is 7.15. The zero-order chi connectivity index (χ0) is 16.9. The number of rotatable bonds is 13. The first-order chi connectivity index (χ1) is 11.3. The molecule has 0 saturated heterocycles. The van der Waals surface area contributed by atoms with Crippen molar-refractivity contribution in [1.82, 2.24) is 0 Å². The topological polar surface area (TPSA) is 0 Å². The Morgan fingerprint density at radius 3 is 2.17 bits per heavy atom. The summed E-state index contributed by atoms with van der Waals surface area (Å²) in [5.41, 5.74) is 4.27. The molecule has 1 aromatic rings. The predicted molar refractivity (Wildman–Crippen MR) is 110 cm³/mol. The lowest BCUT2D eigenvalue weighted by molar-refractivity contribution is 0.634. The van der Waals surface area contributed by atoms with Gasteiger partial charge in [-0.2, -0.15) is 0 Å². The Balaban J connectivity index is 2.84. The molecule has 0 aliphatic heterocycles. The Kier molecular flexibility index (Phi) is 11.7. The normalized spacial score (nSPS) is 13.0. The Morgan fingerprint density at radius 1 is 0.826 bits per heavy atom. The third-order valence-corrected chi connectivity index (χ3v) is 6.75. The van der Waals surface area contributed by atoms with Gasteiger partial charge in [-0.15, -0.1) is 0 Å². The summed E-state index contributed by atoms with van der Waals surface area (Å²) >= 11 is 0. The summed E-state index contributed by atoms with van der Waals surface area (Å²) in [5, 5.41) is 1.69. The van der Waals surface area contributed by atoms with Crippen molar-refractivity contribution in [2.24, 2.45) is 0 Å². The van der Waals surface area contributed by atoms with E-state index in [1.807, 2.05) is 0 Å². The molecule has 0 aliphatic carbocycles. The smallest absolute Gasteiger partial charge is 0.0199 e. The molecule has 23 heavy (non-hydrogen) atoms. The van der Waals surface area contributed by atoms with E-state index < -0.39 is 0 Å². The molecule has 0 amide bonds. The molecule has 2 unspecified atom stereocenters. The summed E-state index contributed by atoms with van der Waals surface area (Å²) in [4.78, 5) is 0. The maximum absolute atomic E-state index is 2.43. The molecular formula is C22H39P. The Bertz CT molecular complexity index is 410. The molecule has 0 fully saturated rings. The summed E-state index contributed by atoms with van der Waals surface area (Å²) in [6.45, 7) is 9.31. The molecule has 0 radical (unpaired) electrons. The zero-order valence-electron chi connectivity index (χ0n) is 16.1. The van der Waals surface area contributed by atoms with Crippen molar-refractivity contribution >= 4 is 13.9 Å². The van der Waals surface area contributed by atoms with Gasteiger partial charge in [0.1, 0.15) is 0 Å². The van der Waals surface area contributed by atoms with E-state index in [9.17, 15) is 0 Å². The van der Waals surface area contributed by atoms with E-state index in [-0.39, 0.29) is 0 Å². The molecule has 1 aromatic carbocycles. The van der Waals surface area contributed by atoms with Gasteiger partial charge in [-0.25, -0.2) is 0 Å². The predicted octanol–water partition coefficient (Wildman–Crippen LogP) is 7.03. The van der Waals surface area contributed by atoms with Gasteiger partial charge >= 0.3 is 0 Å². The highest BCUT2D eigenvalue weighted by atomic mass is 31.1. The maximum atomic E-state index is 2.43. The minimum absolute atomic E-state index is 0.906. The molecular weight excluding hydrogens is 295 g/mol. The van der Waals surface area contributed by atoms with Crippen LogP contribution in [-0.2, 0) is 12.8 Å². The number of hydrogen-bond acceptors (Lipinski definition) is 0. The lowest BCUT2D eigenvalue weighted by Crippen LogP contribution is -2.13. The summed E-state index contributed by atoms with van der Waals surface area (Å²) in [5.74, 6) is 0. The Morgan fingerprint density at radius 2 is 1.52 bits per heavy atom. The maximum Gasteiger partial charge on any atom is -0.0199 e. The molecule has 1 heteroatoms. The van der Waals surface area contributed by atoms with Crippen molar-refractivity contribution in [3.8, 4) is 0 Å². The van der Waals surface area contributed by atoms with Gasteiger partial charge in [0, 0.05) is 0 Å². The van der Waals surface area contributed by atoms with Crippen LogP contribution in [0.15, 0.2) is 18.2 Å². The van der Waals surface area contributed by atoms with Crippen LogP contribution in [0.5, 0.6) is 0 Å². The van der Waals surface area contributed by atoms with Crippen LogP contribution in [0.4, 0.5) is 0 Å². The van der Waals surface area contributed by atoms with Crippen molar-refractivity contribution in [2.45, 2.75) is 104 Å². The van der Waals surface area contributed by atoms with Crippen LogP contribution in [0.1, 0.15) is 96.6 Å². The van der Waals surface area contributed by atoms with Gasteiger partial charge in [-0.05, 0) is 60.6 Å². The molecule has 0 aliphatic rings. The molecule has 2 atom stereocenters. The first-order valence-corrected chi connectivity index (χ1v) is 11.2. The van der Waals surface area contributed by atoms with Crippen LogP contribution >= 0.6 is 8.58 Å². The van der Waals surface area contributed by atoms with Crippen LogP contribution in [0.25, 0.3) is 0 Å². The SMILES string of the molecule is CCCCCC(CC)Pc1cccc(CCCC)c1CCCC. The molecule has 132 valence electrons. The van der Waals surface area contributed by atoms with Crippen molar-refractivity contribution < 1.29 is 0 Å². The van der Waals surface area contributed by atoms with Crippen LogP contribution in [-0.4, -0.2) is 5.66 Å². The standard InChI is InChI=1S/C22H39P/c1-5-9-12-16-20(8-4)23-22-18-13-15-19(14-10-6-2)21(22)17-11-7-3/h13,15,18,20,23H,5-12,14,16-17H2,1-4H3. The molecule has 0 bridgehead atoms. The van der Waals surface area contributed by atoms with Crippen molar-refractivity contribution in [2.75, 3.05) is 0 Å². The van der Waals surface area contributed by atoms with E-state index in [1.165, 1.54) is 70.6 Å². The Hall–Kier alpha value is -0.350. The summed E-state index contributed by atoms with van der Waals surface area (Å²) < 4.78 is 0. The zero-order valence-corrected chi connectivity index (χ0v) is 17.1. The lowest BCUT2D eigenvalue weighted by atomic mass is 9.98. The fourth-order valence-corrected chi connectivity index (χ4v) is 4.90. The molecule has 0 nitrogen and oxygen atoms in total. The molecule has 0 N–H and O–H groups in total. The first-order valence-electron chi connectivity index (χ1n) is 10.1. The molecule has 1 rings (SSSR count). The van der Waals surface area contributed by atoms with Crippen LogP contribution in [0.2, 0.25) is 0 Å². The highest BCUT2D eigenvalue weighted by Gasteiger charge is 2.13. The lowest BCUT2D eigenvalue weighted by Gasteiger charge is -2.20. The third-order valence-electron chi connectivity index (χ3n) is 4.86. The first kappa shape index (κ1) is 20.7. The van der Waals surface area contributed by atoms with Crippen molar-refractivity contribution in [3.63, 3.8) is 0 Å². The van der Waals surface area contributed by atoms with Crippen molar-refractivity contribution in [3.05, 3.63) is 29.3 Å². The molecule has 0 aromatic heterocycles. The molecule has 0 saturated carbocycles. The average Bonchev–Trinajstić information content (AvgIpc) is 2.58. The number of unbranched alkanes of at least 4 members (excludes halogenated alkanes) is 4. The van der Waals surface area contributed by atoms with Crippen molar-refractivity contribution in [1.29, 1.82) is 0 Å². The quantitative estimate of drug-likeness (QED) is 0.268. The minimum Gasteiger partial charge on any atom is -0.0869 e. The second-order valence-corrected chi connectivity index (χ2v) is 8.54. The molecule has 0 spiro atoms. The van der Waals surface area contributed by atoms with Gasteiger partial charge in [-0.3, -0.25) is 0 Å². The van der Waals surface area contributed by atoms with Crippen LogP contribution < -0.4 is 5.30 Å². The third kappa shape index (κ3) is 7.84. The van der Waals surface area contributed by atoms with E-state index in [1.54, 1.807) is 16.4 Å². The van der Waals surface area contributed by atoms with Crippen LogP contribution in [0, 0.1) is 0 Å². The highest BCUT2D eigenvalue weighted by molar-refractivity contribution is 7.48. The highest BCUT2D eigenvalue weighted by Crippen LogP contribution is 2.29. The van der Waals surface area contributed by atoms with Gasteiger partial charge in [0.15, 0.2) is 0 Å². The number of benzene rings is 1. The number of aryl methyl sites for hydroxylation is 1. The largest absolute Gasteiger partial charge is 0.0869 e. The van der Waals surface area contributed by atoms with Gasteiger partial charge in [-0.1, -0.05) is 86.6 Å². The summed E-state index contributed by atoms with van der Waals surface area (Å²) in [7, 11) is 1.02. The summed E-state index contributed by atoms with van der Waals surface area (Å²) in [6.07, 6.45) is 14.8. The van der Waals surface area contributed by atoms with Gasteiger partial charge in [0.05, 0.1) is 0 Å². The van der Waals surface area contributed by atoms with Crippen LogP contribution in [0.3, 0.4) is 0 Å². The van der Waals surface area contributed by atoms with Gasteiger partial charge in [0.2, 0.25) is 0 Å². The molecule has 0 heterocycles. The van der Waals surface area contributed by atoms with E-state index >= 15 is 0 Å². The van der Waals surface area contributed by atoms with E-state index in [0.29, 0.717) is 0 Å². The minimum atomic E-state index is 0.906. The number of hydrogen-bond donors (Lipinski definition) is 0. The fourth-order valence-electron chi connectivity index (χ4n) is 3.26. The van der Waals surface area contributed by atoms with Gasteiger partial charge < -0.3 is 0 Å². The van der Waals surface area contributed by atoms with Gasteiger partial charge in [0.25, 0.3) is 0 Å².